The quantitative estimate of drug-likeness (QED) is 0.624. The van der Waals surface area contributed by atoms with Crippen molar-refractivity contribution in [2.45, 2.75) is 19.3 Å². The van der Waals surface area contributed by atoms with Crippen LogP contribution < -0.4 is 0 Å². The number of nitrogens with zero attached hydrogens (tertiary/aromatic N) is 5. The molecule has 4 rings (SSSR count). The second-order valence-electron chi connectivity index (χ2n) is 6.63. The Bertz CT molecular complexity index is 742. The number of benzene rings is 1. The van der Waals surface area contributed by atoms with E-state index in [1.54, 1.807) is 36.3 Å². The molecule has 3 aliphatic rings. The van der Waals surface area contributed by atoms with Crippen molar-refractivity contribution < 1.29 is 9.59 Å². The molecule has 1 aromatic rings. The smallest absolute Gasteiger partial charge is 0.201 e. The van der Waals surface area contributed by atoms with Crippen molar-refractivity contribution in [2.75, 3.05) is 33.2 Å². The second-order valence-corrected chi connectivity index (χ2v) is 6.63. The first-order chi connectivity index (χ1) is 12.2. The molecule has 0 N–H and O–H groups in total. The van der Waals surface area contributed by atoms with Crippen LogP contribution in [-0.2, 0) is 0 Å². The molecule has 1 aromatic carbocycles. The van der Waals surface area contributed by atoms with Gasteiger partial charge in [0.1, 0.15) is 5.57 Å². The van der Waals surface area contributed by atoms with Gasteiger partial charge in [-0.1, -0.05) is 30.7 Å². The predicted octanol–water partition coefficient (Wildman–Crippen LogP) is 2.29. The maximum absolute atomic E-state index is 12.8. The maximum Gasteiger partial charge on any atom is 0.201 e. The zero-order valence-corrected chi connectivity index (χ0v) is 14.3. The van der Waals surface area contributed by atoms with Crippen molar-refractivity contribution in [3.05, 3.63) is 46.8 Å². The first kappa shape index (κ1) is 16.0. The average Bonchev–Trinajstić information content (AvgIpc) is 3.12. The second kappa shape index (κ2) is 6.40. The van der Waals surface area contributed by atoms with E-state index >= 15 is 0 Å². The standard InChI is InChI=1S/C18H21N5O2/c1-21-18(15-16(24)13-7-3-4-8-14(13)17(15)25)23(20-19-21)12-11-22-9-5-2-6-10-22/h3-4,7-8H,2,5-6,9-12H2,1H3. The zero-order valence-electron chi connectivity index (χ0n) is 14.3. The molecule has 1 saturated heterocycles. The number of carbonyl (C=O) groups excluding carboxylic acids is 2. The van der Waals surface area contributed by atoms with E-state index in [-0.39, 0.29) is 17.1 Å². The summed E-state index contributed by atoms with van der Waals surface area (Å²) in [6, 6.07) is 6.95. The molecule has 2 heterocycles. The van der Waals surface area contributed by atoms with Crippen LogP contribution in [0.3, 0.4) is 0 Å². The maximum atomic E-state index is 12.8. The zero-order chi connectivity index (χ0) is 17.4. The van der Waals surface area contributed by atoms with E-state index in [2.05, 4.69) is 15.3 Å². The first-order valence-electron chi connectivity index (χ1n) is 8.74. The third-order valence-electron chi connectivity index (χ3n) is 5.00. The van der Waals surface area contributed by atoms with Crippen LogP contribution in [-0.4, -0.2) is 59.7 Å². The molecule has 0 unspecified atom stereocenters. The van der Waals surface area contributed by atoms with Gasteiger partial charge in [0.2, 0.25) is 11.6 Å². The van der Waals surface area contributed by atoms with Gasteiger partial charge in [-0.15, -0.1) is 0 Å². The van der Waals surface area contributed by atoms with Crippen LogP contribution in [0.2, 0.25) is 0 Å². The summed E-state index contributed by atoms with van der Waals surface area (Å²) in [5, 5.41) is 11.4. The first-order valence-corrected chi connectivity index (χ1v) is 8.74. The normalized spacial score (nSPS) is 20.8. The van der Waals surface area contributed by atoms with Crippen LogP contribution >= 0.6 is 0 Å². The van der Waals surface area contributed by atoms with E-state index in [4.69, 9.17) is 0 Å². The molecule has 25 heavy (non-hydrogen) atoms. The summed E-state index contributed by atoms with van der Waals surface area (Å²) in [5.41, 5.74) is 1.10. The lowest BCUT2D eigenvalue weighted by atomic mass is 10.1. The number of rotatable bonds is 3. The molecule has 2 aliphatic heterocycles. The lowest BCUT2D eigenvalue weighted by Gasteiger charge is -2.28. The van der Waals surface area contributed by atoms with Gasteiger partial charge in [0, 0.05) is 24.7 Å². The van der Waals surface area contributed by atoms with E-state index in [1.165, 1.54) is 24.3 Å². The number of hydrogen-bond acceptors (Lipinski definition) is 7. The van der Waals surface area contributed by atoms with Gasteiger partial charge in [-0.3, -0.25) is 9.59 Å². The molecular weight excluding hydrogens is 318 g/mol. The number of ketones is 2. The molecule has 0 spiro atoms. The molecule has 0 amide bonds. The fraction of sp³-hybridized carbons (Fsp3) is 0.444. The summed E-state index contributed by atoms with van der Waals surface area (Å²) in [4.78, 5) is 27.9. The molecule has 7 nitrogen and oxygen atoms in total. The number of piperidine rings is 1. The van der Waals surface area contributed by atoms with Gasteiger partial charge in [0.15, 0.2) is 5.82 Å². The lowest BCUT2D eigenvalue weighted by Crippen LogP contribution is -2.37. The third-order valence-corrected chi connectivity index (χ3v) is 5.00. The fourth-order valence-electron chi connectivity index (χ4n) is 3.68. The minimum atomic E-state index is -0.238. The monoisotopic (exact) mass is 339 g/mol. The molecule has 1 aliphatic carbocycles. The fourth-order valence-corrected chi connectivity index (χ4v) is 3.68. The molecule has 7 heteroatoms. The molecule has 0 atom stereocenters. The van der Waals surface area contributed by atoms with Crippen molar-refractivity contribution in [3.63, 3.8) is 0 Å². The van der Waals surface area contributed by atoms with Crippen LogP contribution in [0, 0.1) is 0 Å². The Morgan fingerprint density at radius 2 is 1.56 bits per heavy atom. The SMILES string of the molecule is CN1N=NN(CCN2CCCCC2)C1=C1C(=O)c2ccccc2C1=O. The summed E-state index contributed by atoms with van der Waals surface area (Å²) in [5.74, 6) is 0.0126. The Hall–Kier alpha value is -2.54. The van der Waals surface area contributed by atoms with Gasteiger partial charge in [-0.2, -0.15) is 0 Å². The highest BCUT2D eigenvalue weighted by Gasteiger charge is 2.39. The Labute approximate surface area is 146 Å². The highest BCUT2D eigenvalue weighted by atomic mass is 16.2. The number of Topliss-reactive ketones (excluding diaryl/α,β-unsaturated/α-hetero) is 2. The van der Waals surface area contributed by atoms with E-state index < -0.39 is 0 Å². The van der Waals surface area contributed by atoms with Crippen LogP contribution in [0.5, 0.6) is 0 Å². The lowest BCUT2D eigenvalue weighted by molar-refractivity contribution is 0.0976. The van der Waals surface area contributed by atoms with Gasteiger partial charge < -0.3 is 4.90 Å². The van der Waals surface area contributed by atoms with Gasteiger partial charge in [0.25, 0.3) is 0 Å². The largest absolute Gasteiger partial charge is 0.301 e. The highest BCUT2D eigenvalue weighted by molar-refractivity contribution is 6.39. The Morgan fingerprint density at radius 3 is 2.20 bits per heavy atom. The molecule has 1 fully saturated rings. The third kappa shape index (κ3) is 2.74. The topological polar surface area (TPSA) is 68.6 Å². The summed E-state index contributed by atoms with van der Waals surface area (Å²) in [6.45, 7) is 3.65. The van der Waals surface area contributed by atoms with Crippen molar-refractivity contribution in [1.29, 1.82) is 0 Å². The van der Waals surface area contributed by atoms with Gasteiger partial charge in [0.05, 0.1) is 6.54 Å². The van der Waals surface area contributed by atoms with Crippen molar-refractivity contribution in [1.82, 2.24) is 14.9 Å². The summed E-state index contributed by atoms with van der Waals surface area (Å²) in [6.07, 6.45) is 3.74. The van der Waals surface area contributed by atoms with Crippen molar-refractivity contribution in [2.24, 2.45) is 10.4 Å². The molecular formula is C18H21N5O2. The molecule has 130 valence electrons. The Balaban J connectivity index is 1.60. The molecule has 0 bridgehead atoms. The van der Waals surface area contributed by atoms with Gasteiger partial charge in [-0.05, 0) is 36.4 Å². The molecule has 0 aromatic heterocycles. The summed E-state index contributed by atoms with van der Waals surface area (Å²) in [7, 11) is 1.72. The minimum absolute atomic E-state index is 0.173. The summed E-state index contributed by atoms with van der Waals surface area (Å²) < 4.78 is 0. The van der Waals surface area contributed by atoms with E-state index in [0.29, 0.717) is 23.5 Å². The van der Waals surface area contributed by atoms with Crippen LogP contribution in [0.1, 0.15) is 40.0 Å². The van der Waals surface area contributed by atoms with E-state index in [9.17, 15) is 9.59 Å². The predicted molar refractivity (Wildman–Crippen MR) is 91.7 cm³/mol. The Morgan fingerprint density at radius 1 is 0.920 bits per heavy atom. The average molecular weight is 339 g/mol. The summed E-state index contributed by atoms with van der Waals surface area (Å²) >= 11 is 0. The van der Waals surface area contributed by atoms with Crippen molar-refractivity contribution in [3.8, 4) is 0 Å². The van der Waals surface area contributed by atoms with Crippen molar-refractivity contribution >= 4 is 11.6 Å². The van der Waals surface area contributed by atoms with Crippen LogP contribution in [0.25, 0.3) is 0 Å². The molecule has 0 saturated carbocycles. The van der Waals surface area contributed by atoms with E-state index in [0.717, 1.165) is 19.6 Å². The number of carbonyl (C=O) groups is 2. The number of hydrogen-bond donors (Lipinski definition) is 0. The van der Waals surface area contributed by atoms with E-state index in [1.807, 2.05) is 0 Å². The van der Waals surface area contributed by atoms with Crippen LogP contribution in [0.15, 0.2) is 46.1 Å². The number of likely N-dealkylation sites (tertiary alicyclic amines) is 1. The van der Waals surface area contributed by atoms with Gasteiger partial charge >= 0.3 is 0 Å². The number of fused-ring (bicyclic) bond motifs is 1. The number of allylic oxidation sites excluding steroid dienone is 1. The van der Waals surface area contributed by atoms with Crippen LogP contribution in [0.4, 0.5) is 0 Å². The minimum Gasteiger partial charge on any atom is -0.301 e. The Kier molecular flexibility index (Phi) is 4.09. The highest BCUT2D eigenvalue weighted by Crippen LogP contribution is 2.32. The van der Waals surface area contributed by atoms with Gasteiger partial charge in [-0.25, -0.2) is 10.0 Å². The molecule has 0 radical (unpaired) electrons.